The summed E-state index contributed by atoms with van der Waals surface area (Å²) in [5, 5.41) is 41.7. The van der Waals surface area contributed by atoms with Gasteiger partial charge in [-0.05, 0) is 74.4 Å². The van der Waals surface area contributed by atoms with Gasteiger partial charge in [-0.3, -0.25) is 0 Å². The minimum absolute atomic E-state index is 0. The molecule has 8 heteroatoms. The van der Waals surface area contributed by atoms with Gasteiger partial charge in [-0.15, -0.1) is 12.4 Å². The molecular formula is C34H34ClNO6. The molecule has 0 radical (unpaired) electrons. The Balaban J connectivity index is 0.000000247. The molecule has 0 atom stereocenters. The van der Waals surface area contributed by atoms with Crippen LogP contribution in [0.4, 0.5) is 5.69 Å². The van der Waals surface area contributed by atoms with Crippen LogP contribution in [0.15, 0.2) is 109 Å². The van der Waals surface area contributed by atoms with Crippen molar-refractivity contribution in [2.75, 3.05) is 11.9 Å². The molecule has 0 unspecified atom stereocenters. The number of aryl methyl sites for hydroxylation is 2. The van der Waals surface area contributed by atoms with E-state index in [1.54, 1.807) is 66.7 Å². The summed E-state index contributed by atoms with van der Waals surface area (Å²) in [4.78, 5) is 20.6. The van der Waals surface area contributed by atoms with E-state index in [-0.39, 0.29) is 23.9 Å². The minimum atomic E-state index is -0.875. The highest BCUT2D eigenvalue weighted by Gasteiger charge is 2.09. The van der Waals surface area contributed by atoms with Crippen molar-refractivity contribution >= 4 is 40.8 Å². The summed E-state index contributed by atoms with van der Waals surface area (Å²) < 4.78 is 0. The third-order valence-electron chi connectivity index (χ3n) is 6.18. The van der Waals surface area contributed by atoms with Crippen LogP contribution < -0.4 is 5.32 Å². The van der Waals surface area contributed by atoms with E-state index in [2.05, 4.69) is 5.32 Å². The van der Waals surface area contributed by atoms with E-state index in [4.69, 9.17) is 10.2 Å². The molecule has 0 bridgehead atoms. The summed E-state index contributed by atoms with van der Waals surface area (Å²) in [7, 11) is 0. The second kappa shape index (κ2) is 16.3. The first-order valence-electron chi connectivity index (χ1n) is 13.0. The summed E-state index contributed by atoms with van der Waals surface area (Å²) in [5.74, 6) is -1.35. The zero-order valence-electron chi connectivity index (χ0n) is 23.3. The van der Waals surface area contributed by atoms with Crippen LogP contribution in [0.3, 0.4) is 0 Å². The number of rotatable bonds is 6. The molecule has 0 aliphatic rings. The lowest BCUT2D eigenvalue weighted by molar-refractivity contribution is 0.0686. The van der Waals surface area contributed by atoms with E-state index in [0.717, 1.165) is 40.7 Å². The minimum Gasteiger partial charge on any atom is -0.507 e. The standard InChI is InChI=1S/C18H17NO2.2C8H8O2.ClH/c20-16-10-9-13(18-15(16)7-4-8-17(18)21)11-12-19-14-5-2-1-3-6-14;2*1-6-2-4-7(5-3-6)8(9)10;/h1-10,19-21H,11-12H2;2*2-5H,1H3,(H,9,10);1H. The van der Waals surface area contributed by atoms with Crippen molar-refractivity contribution in [2.24, 2.45) is 0 Å². The largest absolute Gasteiger partial charge is 0.507 e. The number of benzene rings is 5. The number of aromatic carboxylic acids is 2. The average Bonchev–Trinajstić information content (AvgIpc) is 2.96. The highest BCUT2D eigenvalue weighted by Crippen LogP contribution is 2.34. The fourth-order valence-electron chi connectivity index (χ4n) is 3.94. The summed E-state index contributed by atoms with van der Waals surface area (Å²) >= 11 is 0. The molecule has 0 fully saturated rings. The molecule has 0 aliphatic heterocycles. The van der Waals surface area contributed by atoms with Gasteiger partial charge in [-0.25, -0.2) is 9.59 Å². The van der Waals surface area contributed by atoms with Crippen molar-refractivity contribution in [3.05, 3.63) is 137 Å². The van der Waals surface area contributed by atoms with Gasteiger partial charge in [0.1, 0.15) is 11.5 Å². The van der Waals surface area contributed by atoms with E-state index < -0.39 is 11.9 Å². The fraction of sp³-hybridized carbons (Fsp3) is 0.118. The first-order chi connectivity index (χ1) is 19.7. The maximum Gasteiger partial charge on any atom is 0.335 e. The first-order valence-corrected chi connectivity index (χ1v) is 13.0. The van der Waals surface area contributed by atoms with Crippen molar-refractivity contribution in [3.63, 3.8) is 0 Å². The molecule has 0 saturated heterocycles. The summed E-state index contributed by atoms with van der Waals surface area (Å²) in [6.45, 7) is 4.61. The molecule has 42 heavy (non-hydrogen) atoms. The van der Waals surface area contributed by atoms with E-state index in [1.807, 2.05) is 56.3 Å². The third kappa shape index (κ3) is 9.87. The Morgan fingerprint density at radius 2 is 1.14 bits per heavy atom. The number of para-hydroxylation sites is 1. The summed E-state index contributed by atoms with van der Waals surface area (Å²) in [5.41, 5.74) is 4.92. The molecule has 5 rings (SSSR count). The van der Waals surface area contributed by atoms with Gasteiger partial charge in [0.25, 0.3) is 0 Å². The van der Waals surface area contributed by atoms with E-state index in [1.165, 1.54) is 0 Å². The second-order valence-electron chi connectivity index (χ2n) is 9.33. The van der Waals surface area contributed by atoms with Crippen LogP contribution in [0.25, 0.3) is 10.8 Å². The van der Waals surface area contributed by atoms with Crippen LogP contribution in [-0.4, -0.2) is 38.9 Å². The van der Waals surface area contributed by atoms with Crippen molar-refractivity contribution in [2.45, 2.75) is 20.3 Å². The quantitative estimate of drug-likeness (QED) is 0.138. The van der Waals surface area contributed by atoms with E-state index in [0.29, 0.717) is 16.5 Å². The number of nitrogens with one attached hydrogen (secondary N) is 1. The van der Waals surface area contributed by atoms with Gasteiger partial charge in [0, 0.05) is 23.0 Å². The molecule has 0 aromatic heterocycles. The van der Waals surface area contributed by atoms with Crippen molar-refractivity contribution in [3.8, 4) is 11.5 Å². The zero-order valence-corrected chi connectivity index (χ0v) is 24.1. The number of carboxylic acids is 2. The first kappa shape index (κ1) is 33.2. The van der Waals surface area contributed by atoms with E-state index in [9.17, 15) is 19.8 Å². The summed E-state index contributed by atoms with van der Waals surface area (Å²) in [6, 6.07) is 32.3. The van der Waals surface area contributed by atoms with Gasteiger partial charge in [0.2, 0.25) is 0 Å². The average molecular weight is 588 g/mol. The predicted molar refractivity (Wildman–Crippen MR) is 169 cm³/mol. The Morgan fingerprint density at radius 1 is 0.619 bits per heavy atom. The van der Waals surface area contributed by atoms with Gasteiger partial charge in [0.15, 0.2) is 0 Å². The number of carbonyl (C=O) groups is 2. The molecule has 0 saturated carbocycles. The monoisotopic (exact) mass is 587 g/mol. The lowest BCUT2D eigenvalue weighted by atomic mass is 10.0. The number of fused-ring (bicyclic) bond motifs is 1. The molecule has 5 aromatic rings. The highest BCUT2D eigenvalue weighted by molar-refractivity contribution is 5.95. The Hall–Kier alpha value is -5.01. The zero-order chi connectivity index (χ0) is 29.8. The molecule has 0 heterocycles. The Kier molecular flexibility index (Phi) is 12.9. The lowest BCUT2D eigenvalue weighted by Gasteiger charge is -2.11. The van der Waals surface area contributed by atoms with Gasteiger partial charge < -0.3 is 25.7 Å². The molecule has 7 nitrogen and oxygen atoms in total. The van der Waals surface area contributed by atoms with Crippen LogP contribution >= 0.6 is 12.4 Å². The lowest BCUT2D eigenvalue weighted by Crippen LogP contribution is -2.05. The number of phenols is 2. The molecule has 218 valence electrons. The van der Waals surface area contributed by atoms with Gasteiger partial charge in [0.05, 0.1) is 11.1 Å². The topological polar surface area (TPSA) is 127 Å². The molecule has 0 aliphatic carbocycles. The van der Waals surface area contributed by atoms with Crippen molar-refractivity contribution in [1.29, 1.82) is 0 Å². The third-order valence-corrected chi connectivity index (χ3v) is 6.18. The van der Waals surface area contributed by atoms with Gasteiger partial charge >= 0.3 is 11.9 Å². The van der Waals surface area contributed by atoms with Crippen LogP contribution in [-0.2, 0) is 6.42 Å². The molecule has 5 aromatic carbocycles. The van der Waals surface area contributed by atoms with Crippen LogP contribution in [0.2, 0.25) is 0 Å². The Bertz CT molecular complexity index is 1530. The van der Waals surface area contributed by atoms with Crippen LogP contribution in [0.1, 0.15) is 37.4 Å². The number of phenolic OH excluding ortho intramolecular Hbond substituents is 2. The second-order valence-corrected chi connectivity index (χ2v) is 9.33. The number of aromatic hydroxyl groups is 2. The molecule has 0 amide bonds. The van der Waals surface area contributed by atoms with Crippen LogP contribution in [0, 0.1) is 13.8 Å². The predicted octanol–water partition coefficient (Wildman–Crippen LogP) is 7.71. The Labute approximate surface area is 251 Å². The number of carboxylic acid groups (broad SMARTS) is 2. The SMILES string of the molecule is Cc1ccc(C(=O)O)cc1.Cc1ccc(C(=O)O)cc1.Cl.Oc1ccc(CCNc2ccccc2)c2c(O)cccc12. The van der Waals surface area contributed by atoms with E-state index >= 15 is 0 Å². The number of hydrogen-bond acceptors (Lipinski definition) is 5. The van der Waals surface area contributed by atoms with Crippen LogP contribution in [0.5, 0.6) is 11.5 Å². The maximum absolute atomic E-state index is 10.3. The number of halogens is 1. The summed E-state index contributed by atoms with van der Waals surface area (Å²) in [6.07, 6.45) is 0.767. The number of anilines is 1. The smallest absolute Gasteiger partial charge is 0.335 e. The van der Waals surface area contributed by atoms with Crippen molar-refractivity contribution in [1.82, 2.24) is 0 Å². The van der Waals surface area contributed by atoms with Gasteiger partial charge in [-0.2, -0.15) is 0 Å². The van der Waals surface area contributed by atoms with Crippen molar-refractivity contribution < 1.29 is 30.0 Å². The normalized spacial score (nSPS) is 9.76. The fourth-order valence-corrected chi connectivity index (χ4v) is 3.94. The number of hydrogen-bond donors (Lipinski definition) is 5. The molecular weight excluding hydrogens is 554 g/mol. The highest BCUT2D eigenvalue weighted by atomic mass is 35.5. The molecule has 5 N–H and O–H groups in total. The maximum atomic E-state index is 10.3. The van der Waals surface area contributed by atoms with Gasteiger partial charge in [-0.1, -0.05) is 71.8 Å². The molecule has 0 spiro atoms. The Morgan fingerprint density at radius 3 is 1.64 bits per heavy atom.